The summed E-state index contributed by atoms with van der Waals surface area (Å²) in [5.41, 5.74) is 2.72. The summed E-state index contributed by atoms with van der Waals surface area (Å²) >= 11 is 6.03. The molecule has 28 heavy (non-hydrogen) atoms. The normalized spacial score (nSPS) is 17.9. The first kappa shape index (κ1) is 19.1. The second kappa shape index (κ2) is 7.31. The molecule has 0 saturated carbocycles. The Morgan fingerprint density at radius 2 is 1.96 bits per heavy atom. The molecule has 0 unspecified atom stereocenters. The number of halogens is 1. The Hall–Kier alpha value is -2.22. The van der Waals surface area contributed by atoms with Gasteiger partial charge in [0.1, 0.15) is 6.04 Å². The molecule has 0 bridgehead atoms. The molecule has 6 nitrogen and oxygen atoms in total. The van der Waals surface area contributed by atoms with E-state index in [2.05, 4.69) is 10.1 Å². The SMILES string of the molecule is Cc1ccc(S(=O)(=O)N2CCC[C@@H]2c2nc(-c3cccc(Cl)c3)no2)cc1C. The minimum absolute atomic E-state index is 0.289. The molecule has 1 aliphatic rings. The molecule has 0 radical (unpaired) electrons. The molecule has 1 aromatic heterocycles. The molecular weight excluding hydrogens is 398 g/mol. The molecule has 0 aliphatic carbocycles. The largest absolute Gasteiger partial charge is 0.337 e. The van der Waals surface area contributed by atoms with Crippen molar-refractivity contribution in [1.29, 1.82) is 0 Å². The lowest BCUT2D eigenvalue weighted by atomic mass is 10.1. The van der Waals surface area contributed by atoms with Crippen molar-refractivity contribution in [2.45, 2.75) is 37.6 Å². The highest BCUT2D eigenvalue weighted by atomic mass is 35.5. The Bertz CT molecular complexity index is 1130. The van der Waals surface area contributed by atoms with Gasteiger partial charge in [-0.05, 0) is 62.1 Å². The molecule has 2 aromatic carbocycles. The first-order valence-corrected chi connectivity index (χ1v) is 10.9. The van der Waals surface area contributed by atoms with E-state index < -0.39 is 16.1 Å². The minimum Gasteiger partial charge on any atom is -0.337 e. The minimum atomic E-state index is -3.65. The highest BCUT2D eigenvalue weighted by Crippen LogP contribution is 2.36. The Morgan fingerprint density at radius 1 is 1.14 bits per heavy atom. The zero-order valence-corrected chi connectivity index (χ0v) is 17.2. The molecule has 1 aliphatic heterocycles. The van der Waals surface area contributed by atoms with Gasteiger partial charge in [-0.3, -0.25) is 0 Å². The van der Waals surface area contributed by atoms with Crippen LogP contribution in [0.25, 0.3) is 11.4 Å². The Balaban J connectivity index is 1.66. The van der Waals surface area contributed by atoms with Gasteiger partial charge >= 0.3 is 0 Å². The Labute approximate surface area is 169 Å². The second-order valence-corrected chi connectivity index (χ2v) is 9.31. The van der Waals surface area contributed by atoms with Crippen LogP contribution in [0.2, 0.25) is 5.02 Å². The number of hydrogen-bond acceptors (Lipinski definition) is 5. The first-order valence-electron chi connectivity index (χ1n) is 9.05. The maximum Gasteiger partial charge on any atom is 0.245 e. The van der Waals surface area contributed by atoms with Crippen LogP contribution >= 0.6 is 11.6 Å². The van der Waals surface area contributed by atoms with Crippen molar-refractivity contribution < 1.29 is 12.9 Å². The van der Waals surface area contributed by atoms with Gasteiger partial charge in [-0.15, -0.1) is 0 Å². The van der Waals surface area contributed by atoms with Crippen LogP contribution in [0.3, 0.4) is 0 Å². The zero-order chi connectivity index (χ0) is 19.9. The summed E-state index contributed by atoms with van der Waals surface area (Å²) in [4.78, 5) is 4.74. The van der Waals surface area contributed by atoms with Crippen LogP contribution in [-0.4, -0.2) is 29.4 Å². The third-order valence-electron chi connectivity index (χ3n) is 5.10. The van der Waals surface area contributed by atoms with Crippen LogP contribution in [0.1, 0.15) is 35.9 Å². The van der Waals surface area contributed by atoms with Gasteiger partial charge in [0.25, 0.3) is 0 Å². The van der Waals surface area contributed by atoms with E-state index in [4.69, 9.17) is 16.1 Å². The molecule has 0 spiro atoms. The van der Waals surface area contributed by atoms with Crippen LogP contribution in [-0.2, 0) is 10.0 Å². The summed E-state index contributed by atoms with van der Waals surface area (Å²) < 4.78 is 33.3. The van der Waals surface area contributed by atoms with E-state index in [1.54, 1.807) is 30.3 Å². The third kappa shape index (κ3) is 3.45. The molecule has 146 valence electrons. The van der Waals surface area contributed by atoms with Gasteiger partial charge in [-0.25, -0.2) is 8.42 Å². The molecule has 8 heteroatoms. The highest BCUT2D eigenvalue weighted by Gasteiger charge is 2.39. The van der Waals surface area contributed by atoms with Crippen molar-refractivity contribution in [2.24, 2.45) is 0 Å². The fraction of sp³-hybridized carbons (Fsp3) is 0.300. The van der Waals surface area contributed by atoms with Gasteiger partial charge in [-0.2, -0.15) is 9.29 Å². The van der Waals surface area contributed by atoms with Gasteiger partial charge < -0.3 is 4.52 Å². The Kier molecular flexibility index (Phi) is 4.99. The number of aryl methyl sites for hydroxylation is 2. The lowest BCUT2D eigenvalue weighted by molar-refractivity contribution is 0.290. The zero-order valence-electron chi connectivity index (χ0n) is 15.6. The molecule has 1 saturated heterocycles. The van der Waals surface area contributed by atoms with E-state index in [1.807, 2.05) is 26.0 Å². The average Bonchev–Trinajstić information content (AvgIpc) is 3.33. The maximum atomic E-state index is 13.2. The summed E-state index contributed by atoms with van der Waals surface area (Å²) in [5.74, 6) is 0.702. The molecule has 1 fully saturated rings. The fourth-order valence-corrected chi connectivity index (χ4v) is 5.33. The maximum absolute atomic E-state index is 13.2. The van der Waals surface area contributed by atoms with Crippen molar-refractivity contribution in [1.82, 2.24) is 14.4 Å². The quantitative estimate of drug-likeness (QED) is 0.623. The summed E-state index contributed by atoms with van der Waals surface area (Å²) in [6, 6.07) is 11.9. The van der Waals surface area contributed by atoms with Crippen molar-refractivity contribution >= 4 is 21.6 Å². The van der Waals surface area contributed by atoms with E-state index in [1.165, 1.54) is 4.31 Å². The summed E-state index contributed by atoms with van der Waals surface area (Å²) in [7, 11) is -3.65. The van der Waals surface area contributed by atoms with Gasteiger partial charge in [0.05, 0.1) is 4.90 Å². The van der Waals surface area contributed by atoms with E-state index in [0.29, 0.717) is 29.7 Å². The van der Waals surface area contributed by atoms with Crippen LogP contribution in [0, 0.1) is 13.8 Å². The third-order valence-corrected chi connectivity index (χ3v) is 7.24. The monoisotopic (exact) mass is 417 g/mol. The van der Waals surface area contributed by atoms with Crippen LogP contribution in [0.15, 0.2) is 51.9 Å². The van der Waals surface area contributed by atoms with Gasteiger partial charge in [-0.1, -0.05) is 35.0 Å². The van der Waals surface area contributed by atoms with E-state index in [9.17, 15) is 8.42 Å². The first-order chi connectivity index (χ1) is 13.4. The number of aromatic nitrogens is 2. The van der Waals surface area contributed by atoms with Crippen molar-refractivity contribution in [3.63, 3.8) is 0 Å². The van der Waals surface area contributed by atoms with Crippen LogP contribution < -0.4 is 0 Å². The number of benzene rings is 2. The lowest BCUT2D eigenvalue weighted by Crippen LogP contribution is -2.31. The standard InChI is InChI=1S/C20H20ClN3O3S/c1-13-8-9-17(11-14(13)2)28(25,26)24-10-4-7-18(24)20-22-19(23-27-20)15-5-3-6-16(21)12-15/h3,5-6,8-9,11-12,18H,4,7,10H2,1-2H3/t18-/m1/s1. The summed E-state index contributed by atoms with van der Waals surface area (Å²) in [6.07, 6.45) is 1.38. The van der Waals surface area contributed by atoms with Crippen LogP contribution in [0.4, 0.5) is 0 Å². The number of hydrogen-bond donors (Lipinski definition) is 0. The van der Waals surface area contributed by atoms with E-state index in [0.717, 1.165) is 23.1 Å². The van der Waals surface area contributed by atoms with Gasteiger partial charge in [0, 0.05) is 17.1 Å². The predicted octanol–water partition coefficient (Wildman–Crippen LogP) is 4.53. The second-order valence-electron chi connectivity index (χ2n) is 6.99. The van der Waals surface area contributed by atoms with Crippen LogP contribution in [0.5, 0.6) is 0 Å². The molecule has 3 aromatic rings. The topological polar surface area (TPSA) is 76.3 Å². The number of sulfonamides is 1. The van der Waals surface area contributed by atoms with Crippen molar-refractivity contribution in [3.05, 3.63) is 64.5 Å². The summed E-state index contributed by atoms with van der Waals surface area (Å²) in [5, 5.41) is 4.59. The molecule has 0 N–H and O–H groups in total. The van der Waals surface area contributed by atoms with E-state index in [-0.39, 0.29) is 4.90 Å². The molecule has 2 heterocycles. The number of nitrogens with zero attached hydrogens (tertiary/aromatic N) is 3. The molecule has 0 amide bonds. The Morgan fingerprint density at radius 3 is 2.71 bits per heavy atom. The van der Waals surface area contributed by atoms with Crippen molar-refractivity contribution in [2.75, 3.05) is 6.54 Å². The molecule has 4 rings (SSSR count). The average molecular weight is 418 g/mol. The molecular formula is C20H20ClN3O3S. The van der Waals surface area contributed by atoms with E-state index >= 15 is 0 Å². The van der Waals surface area contributed by atoms with Gasteiger partial charge in [0.2, 0.25) is 21.7 Å². The predicted molar refractivity (Wildman–Crippen MR) is 107 cm³/mol. The molecule has 1 atom stereocenters. The van der Waals surface area contributed by atoms with Crippen molar-refractivity contribution in [3.8, 4) is 11.4 Å². The van der Waals surface area contributed by atoms with Gasteiger partial charge in [0.15, 0.2) is 0 Å². The number of rotatable bonds is 4. The smallest absolute Gasteiger partial charge is 0.245 e. The summed E-state index contributed by atoms with van der Waals surface area (Å²) in [6.45, 7) is 4.29. The lowest BCUT2D eigenvalue weighted by Gasteiger charge is -2.21. The fourth-order valence-electron chi connectivity index (χ4n) is 3.40. The highest BCUT2D eigenvalue weighted by molar-refractivity contribution is 7.89.